The lowest BCUT2D eigenvalue weighted by Crippen LogP contribution is -2.62. The zero-order valence-corrected chi connectivity index (χ0v) is 17.1. The third-order valence-electron chi connectivity index (χ3n) is 5.97. The molecule has 0 N–H and O–H groups in total. The van der Waals surface area contributed by atoms with Gasteiger partial charge in [0.1, 0.15) is 0 Å². The molecule has 2 aromatic carbocycles. The molecule has 2 fully saturated rings. The Morgan fingerprint density at radius 3 is 2.21 bits per heavy atom. The predicted molar refractivity (Wildman–Crippen MR) is 110 cm³/mol. The highest BCUT2D eigenvalue weighted by Gasteiger charge is 2.51. The summed E-state index contributed by atoms with van der Waals surface area (Å²) >= 11 is 0. The van der Waals surface area contributed by atoms with Crippen molar-refractivity contribution in [1.29, 1.82) is 0 Å². The van der Waals surface area contributed by atoms with Crippen molar-refractivity contribution in [3.63, 3.8) is 0 Å². The van der Waals surface area contributed by atoms with Crippen LogP contribution in [0.4, 0.5) is 0 Å². The van der Waals surface area contributed by atoms with E-state index in [0.29, 0.717) is 6.04 Å². The molecule has 2 unspecified atom stereocenters. The SMILES string of the molecule is CS(=O)(=O)OCC12CCC(CN(Cc3ccccc3)C1)N2Cc1ccccc1. The van der Waals surface area contributed by atoms with Gasteiger partial charge in [0.25, 0.3) is 10.1 Å². The van der Waals surface area contributed by atoms with Gasteiger partial charge < -0.3 is 0 Å². The summed E-state index contributed by atoms with van der Waals surface area (Å²) in [4.78, 5) is 4.95. The van der Waals surface area contributed by atoms with Crippen LogP contribution in [0.1, 0.15) is 24.0 Å². The third-order valence-corrected chi connectivity index (χ3v) is 6.51. The van der Waals surface area contributed by atoms with Gasteiger partial charge in [0, 0.05) is 32.2 Å². The van der Waals surface area contributed by atoms with Crippen LogP contribution in [0.25, 0.3) is 0 Å². The van der Waals surface area contributed by atoms with E-state index < -0.39 is 10.1 Å². The molecule has 2 bridgehead atoms. The normalized spacial score (nSPS) is 25.8. The lowest BCUT2D eigenvalue weighted by molar-refractivity contribution is -0.0325. The van der Waals surface area contributed by atoms with Crippen molar-refractivity contribution < 1.29 is 12.6 Å². The fraction of sp³-hybridized carbons (Fsp3) is 0.455. The van der Waals surface area contributed by atoms with Gasteiger partial charge in [-0.2, -0.15) is 8.42 Å². The maximum Gasteiger partial charge on any atom is 0.264 e. The summed E-state index contributed by atoms with van der Waals surface area (Å²) < 4.78 is 28.8. The molecule has 4 rings (SSSR count). The van der Waals surface area contributed by atoms with Gasteiger partial charge in [-0.1, -0.05) is 60.7 Å². The van der Waals surface area contributed by atoms with E-state index in [9.17, 15) is 8.42 Å². The summed E-state index contributed by atoms with van der Waals surface area (Å²) in [5.74, 6) is 0. The molecule has 2 aromatic rings. The first-order valence-electron chi connectivity index (χ1n) is 9.85. The smallest absolute Gasteiger partial charge is 0.264 e. The predicted octanol–water partition coefficient (Wildman–Crippen LogP) is 2.88. The highest BCUT2D eigenvalue weighted by molar-refractivity contribution is 7.85. The highest BCUT2D eigenvalue weighted by atomic mass is 32.2. The number of rotatable bonds is 7. The van der Waals surface area contributed by atoms with Gasteiger partial charge in [-0.25, -0.2) is 0 Å². The van der Waals surface area contributed by atoms with Crippen LogP contribution in [0, 0.1) is 0 Å². The summed E-state index contributed by atoms with van der Waals surface area (Å²) in [5.41, 5.74) is 2.28. The fourth-order valence-corrected chi connectivity index (χ4v) is 5.15. The van der Waals surface area contributed by atoms with E-state index in [2.05, 4.69) is 58.3 Å². The molecule has 28 heavy (non-hydrogen) atoms. The van der Waals surface area contributed by atoms with Crippen LogP contribution in [-0.4, -0.2) is 55.8 Å². The minimum Gasteiger partial charge on any atom is -0.296 e. The summed E-state index contributed by atoms with van der Waals surface area (Å²) in [5, 5.41) is 0. The molecule has 6 heteroatoms. The number of fused-ring (bicyclic) bond motifs is 2. The molecule has 0 aliphatic carbocycles. The monoisotopic (exact) mass is 400 g/mol. The first-order valence-corrected chi connectivity index (χ1v) is 11.7. The Morgan fingerprint density at radius 1 is 1.00 bits per heavy atom. The molecule has 5 nitrogen and oxygen atoms in total. The highest BCUT2D eigenvalue weighted by Crippen LogP contribution is 2.41. The standard InChI is InChI=1S/C22H28N2O3S/c1-28(25,26)27-18-22-13-12-21(24(22)15-20-10-6-3-7-11-20)16-23(17-22)14-19-8-4-2-5-9-19/h2-11,21H,12-18H2,1H3. The second-order valence-electron chi connectivity index (χ2n) is 8.15. The molecule has 2 atom stereocenters. The molecule has 2 saturated heterocycles. The Morgan fingerprint density at radius 2 is 1.61 bits per heavy atom. The number of likely N-dealkylation sites (tertiary alicyclic amines) is 1. The van der Waals surface area contributed by atoms with E-state index in [1.165, 1.54) is 11.1 Å². The second kappa shape index (κ2) is 7.95. The topological polar surface area (TPSA) is 49.9 Å². The van der Waals surface area contributed by atoms with Gasteiger partial charge in [0.2, 0.25) is 0 Å². The maximum atomic E-state index is 11.7. The number of nitrogens with zero attached hydrogens (tertiary/aromatic N) is 2. The van der Waals surface area contributed by atoms with Crippen molar-refractivity contribution in [2.45, 2.75) is 37.5 Å². The molecule has 0 radical (unpaired) electrons. The molecule has 150 valence electrons. The molecule has 0 amide bonds. The first kappa shape index (κ1) is 19.6. The third kappa shape index (κ3) is 4.46. The Kier molecular flexibility index (Phi) is 5.56. The number of hydrogen-bond donors (Lipinski definition) is 0. The summed E-state index contributed by atoms with van der Waals surface area (Å²) in [6, 6.07) is 21.3. The number of benzene rings is 2. The van der Waals surface area contributed by atoms with E-state index in [-0.39, 0.29) is 12.1 Å². The maximum absolute atomic E-state index is 11.7. The van der Waals surface area contributed by atoms with Crippen LogP contribution in [-0.2, 0) is 27.4 Å². The molecule has 0 spiro atoms. The van der Waals surface area contributed by atoms with Crippen LogP contribution in [0.15, 0.2) is 60.7 Å². The van der Waals surface area contributed by atoms with E-state index in [4.69, 9.17) is 4.18 Å². The second-order valence-corrected chi connectivity index (χ2v) is 9.80. The van der Waals surface area contributed by atoms with Crippen molar-refractivity contribution >= 4 is 10.1 Å². The number of piperazine rings is 1. The van der Waals surface area contributed by atoms with Gasteiger partial charge in [-0.3, -0.25) is 14.0 Å². The molecule has 0 aromatic heterocycles. The van der Waals surface area contributed by atoms with E-state index >= 15 is 0 Å². The molecule has 2 heterocycles. The molecule has 2 aliphatic heterocycles. The Bertz CT molecular complexity index is 889. The Balaban J connectivity index is 1.56. The Hall–Kier alpha value is -1.73. The van der Waals surface area contributed by atoms with Crippen molar-refractivity contribution in [3.8, 4) is 0 Å². The zero-order chi connectivity index (χ0) is 19.6. The van der Waals surface area contributed by atoms with Gasteiger partial charge >= 0.3 is 0 Å². The van der Waals surface area contributed by atoms with Crippen LogP contribution >= 0.6 is 0 Å². The van der Waals surface area contributed by atoms with E-state index in [0.717, 1.165) is 45.3 Å². The van der Waals surface area contributed by atoms with Gasteiger partial charge in [-0.15, -0.1) is 0 Å². The summed E-state index contributed by atoms with van der Waals surface area (Å²) in [6.07, 6.45) is 3.18. The Labute approximate surface area is 168 Å². The van der Waals surface area contributed by atoms with E-state index in [1.807, 2.05) is 12.1 Å². The van der Waals surface area contributed by atoms with Crippen LogP contribution in [0.3, 0.4) is 0 Å². The molecule has 2 aliphatic rings. The molecule has 0 saturated carbocycles. The zero-order valence-electron chi connectivity index (χ0n) is 16.3. The van der Waals surface area contributed by atoms with Crippen LogP contribution in [0.2, 0.25) is 0 Å². The summed E-state index contributed by atoms with van der Waals surface area (Å²) in [7, 11) is -3.47. The van der Waals surface area contributed by atoms with Crippen LogP contribution in [0.5, 0.6) is 0 Å². The average molecular weight is 401 g/mol. The minimum absolute atomic E-state index is 0.223. The minimum atomic E-state index is -3.47. The quantitative estimate of drug-likeness (QED) is 0.669. The lowest BCUT2D eigenvalue weighted by Gasteiger charge is -2.49. The molecular weight excluding hydrogens is 372 g/mol. The fourth-order valence-electron chi connectivity index (χ4n) is 4.72. The largest absolute Gasteiger partial charge is 0.296 e. The number of hydrogen-bond acceptors (Lipinski definition) is 5. The lowest BCUT2D eigenvalue weighted by atomic mass is 9.94. The van der Waals surface area contributed by atoms with Crippen molar-refractivity contribution in [2.24, 2.45) is 0 Å². The summed E-state index contributed by atoms with van der Waals surface area (Å²) in [6.45, 7) is 3.76. The average Bonchev–Trinajstić information content (AvgIpc) is 2.88. The van der Waals surface area contributed by atoms with Gasteiger partial charge in [0.05, 0.1) is 18.4 Å². The van der Waals surface area contributed by atoms with Crippen molar-refractivity contribution in [3.05, 3.63) is 71.8 Å². The van der Waals surface area contributed by atoms with Crippen molar-refractivity contribution in [1.82, 2.24) is 9.80 Å². The van der Waals surface area contributed by atoms with Crippen LogP contribution < -0.4 is 0 Å². The first-order chi connectivity index (χ1) is 13.4. The van der Waals surface area contributed by atoms with E-state index in [1.54, 1.807) is 0 Å². The van der Waals surface area contributed by atoms with Crippen molar-refractivity contribution in [2.75, 3.05) is 26.0 Å². The van der Waals surface area contributed by atoms with Gasteiger partial charge in [0.15, 0.2) is 0 Å². The van der Waals surface area contributed by atoms with Gasteiger partial charge in [-0.05, 0) is 24.0 Å². The molecular formula is C22H28N2O3S.